The highest BCUT2D eigenvalue weighted by Crippen LogP contribution is 2.10. The van der Waals surface area contributed by atoms with E-state index >= 15 is 0 Å². The van der Waals surface area contributed by atoms with Crippen LogP contribution in [0.3, 0.4) is 0 Å². The van der Waals surface area contributed by atoms with E-state index in [-0.39, 0.29) is 0 Å². The van der Waals surface area contributed by atoms with Crippen LogP contribution in [0.4, 0.5) is 0 Å². The lowest BCUT2D eigenvalue weighted by Gasteiger charge is -2.22. The van der Waals surface area contributed by atoms with E-state index in [1.807, 2.05) is 0 Å². The third-order valence-electron chi connectivity index (χ3n) is 3.10. The molecule has 1 unspecified atom stereocenters. The molecular formula is C14H24N2. The topological polar surface area (TPSA) is 15.3 Å². The fourth-order valence-electron chi connectivity index (χ4n) is 1.58. The maximum absolute atomic E-state index is 3.54. The van der Waals surface area contributed by atoms with Gasteiger partial charge in [0, 0.05) is 25.2 Å². The summed E-state index contributed by atoms with van der Waals surface area (Å²) in [5.41, 5.74) is 1.36. The van der Waals surface area contributed by atoms with E-state index in [0.717, 1.165) is 13.1 Å². The number of nitrogens with one attached hydrogen (secondary N) is 1. The Kier molecular flexibility index (Phi) is 5.50. The Bertz CT molecular complexity index is 282. The van der Waals surface area contributed by atoms with E-state index in [4.69, 9.17) is 0 Å². The van der Waals surface area contributed by atoms with Crippen molar-refractivity contribution in [2.75, 3.05) is 20.1 Å². The minimum Gasteiger partial charge on any atom is -0.309 e. The number of benzene rings is 1. The molecule has 0 fully saturated rings. The van der Waals surface area contributed by atoms with Gasteiger partial charge in [0.25, 0.3) is 0 Å². The lowest BCUT2D eigenvalue weighted by Crippen LogP contribution is -2.34. The largest absolute Gasteiger partial charge is 0.309 e. The van der Waals surface area contributed by atoms with Gasteiger partial charge in [-0.05, 0) is 33.4 Å². The van der Waals surface area contributed by atoms with Crippen LogP contribution in [0.5, 0.6) is 0 Å². The Balaban J connectivity index is 2.28. The second-order valence-electron chi connectivity index (χ2n) is 4.66. The molecule has 0 heterocycles. The first kappa shape index (κ1) is 13.2. The summed E-state index contributed by atoms with van der Waals surface area (Å²) in [6, 6.07) is 11.6. The van der Waals surface area contributed by atoms with Gasteiger partial charge in [0.15, 0.2) is 0 Å². The zero-order valence-electron chi connectivity index (χ0n) is 10.9. The van der Waals surface area contributed by atoms with Crippen molar-refractivity contribution in [2.45, 2.75) is 32.9 Å². The predicted octanol–water partition coefficient (Wildman–Crippen LogP) is 2.68. The van der Waals surface area contributed by atoms with E-state index in [0.29, 0.717) is 12.1 Å². The zero-order chi connectivity index (χ0) is 12.0. The zero-order valence-corrected chi connectivity index (χ0v) is 10.9. The maximum Gasteiger partial charge on any atom is 0.0292 e. The lowest BCUT2D eigenvalue weighted by atomic mass is 10.1. The first-order chi connectivity index (χ1) is 7.61. The van der Waals surface area contributed by atoms with Gasteiger partial charge in [-0.25, -0.2) is 0 Å². The Morgan fingerprint density at radius 1 is 1.12 bits per heavy atom. The maximum atomic E-state index is 3.54. The number of nitrogens with zero attached hydrogens (tertiary/aromatic N) is 1. The highest BCUT2D eigenvalue weighted by molar-refractivity contribution is 5.17. The van der Waals surface area contributed by atoms with Crippen molar-refractivity contribution >= 4 is 0 Å². The summed E-state index contributed by atoms with van der Waals surface area (Å²) >= 11 is 0. The molecule has 0 saturated heterocycles. The second-order valence-corrected chi connectivity index (χ2v) is 4.66. The molecule has 0 amide bonds. The van der Waals surface area contributed by atoms with E-state index in [1.165, 1.54) is 5.56 Å². The highest BCUT2D eigenvalue weighted by Gasteiger charge is 2.05. The van der Waals surface area contributed by atoms with Gasteiger partial charge in [-0.2, -0.15) is 0 Å². The van der Waals surface area contributed by atoms with Crippen LogP contribution in [0.2, 0.25) is 0 Å². The average Bonchev–Trinajstić information content (AvgIpc) is 2.29. The molecule has 1 aromatic rings. The Morgan fingerprint density at radius 2 is 1.75 bits per heavy atom. The van der Waals surface area contributed by atoms with Crippen LogP contribution in [0.15, 0.2) is 30.3 Å². The Morgan fingerprint density at radius 3 is 2.31 bits per heavy atom. The molecule has 2 nitrogen and oxygen atoms in total. The molecule has 0 bridgehead atoms. The fourth-order valence-corrected chi connectivity index (χ4v) is 1.58. The monoisotopic (exact) mass is 220 g/mol. The minimum absolute atomic E-state index is 0.432. The molecule has 1 N–H and O–H groups in total. The Hall–Kier alpha value is -0.860. The average molecular weight is 220 g/mol. The molecule has 0 aliphatic heterocycles. The smallest absolute Gasteiger partial charge is 0.0292 e. The molecule has 16 heavy (non-hydrogen) atoms. The summed E-state index contributed by atoms with van der Waals surface area (Å²) in [5, 5.41) is 3.54. The molecule has 0 saturated carbocycles. The quantitative estimate of drug-likeness (QED) is 0.793. The second kappa shape index (κ2) is 6.66. The van der Waals surface area contributed by atoms with Crippen molar-refractivity contribution in [3.63, 3.8) is 0 Å². The summed E-state index contributed by atoms with van der Waals surface area (Å²) < 4.78 is 0. The molecule has 0 aliphatic carbocycles. The van der Waals surface area contributed by atoms with Crippen LogP contribution >= 0.6 is 0 Å². The van der Waals surface area contributed by atoms with Crippen LogP contribution < -0.4 is 5.32 Å². The van der Waals surface area contributed by atoms with Crippen molar-refractivity contribution in [1.82, 2.24) is 10.2 Å². The van der Waals surface area contributed by atoms with Crippen molar-refractivity contribution in [2.24, 2.45) is 0 Å². The molecule has 0 spiro atoms. The Labute approximate surface area is 99.7 Å². The van der Waals surface area contributed by atoms with Gasteiger partial charge >= 0.3 is 0 Å². The third kappa shape index (κ3) is 4.33. The molecule has 0 radical (unpaired) electrons. The predicted molar refractivity (Wildman–Crippen MR) is 70.6 cm³/mol. The van der Waals surface area contributed by atoms with Gasteiger partial charge in [0.05, 0.1) is 0 Å². The standard InChI is InChI=1S/C14H24N2/c1-12(2)16(4)11-10-15-13(3)14-8-6-5-7-9-14/h5-9,12-13,15H,10-11H2,1-4H3. The van der Waals surface area contributed by atoms with E-state index in [9.17, 15) is 0 Å². The highest BCUT2D eigenvalue weighted by atomic mass is 15.1. The van der Waals surface area contributed by atoms with Gasteiger partial charge in [-0.3, -0.25) is 0 Å². The van der Waals surface area contributed by atoms with Gasteiger partial charge in [0.2, 0.25) is 0 Å². The van der Waals surface area contributed by atoms with E-state index in [2.05, 4.69) is 68.4 Å². The van der Waals surface area contributed by atoms with Gasteiger partial charge in [-0.15, -0.1) is 0 Å². The number of hydrogen-bond donors (Lipinski definition) is 1. The van der Waals surface area contributed by atoms with E-state index < -0.39 is 0 Å². The summed E-state index contributed by atoms with van der Waals surface area (Å²) in [6.07, 6.45) is 0. The molecule has 0 aromatic heterocycles. The minimum atomic E-state index is 0.432. The normalized spacial score (nSPS) is 13.4. The molecule has 1 rings (SSSR count). The summed E-state index contributed by atoms with van der Waals surface area (Å²) in [5.74, 6) is 0. The number of hydrogen-bond acceptors (Lipinski definition) is 2. The van der Waals surface area contributed by atoms with Gasteiger partial charge in [-0.1, -0.05) is 30.3 Å². The van der Waals surface area contributed by atoms with Crippen molar-refractivity contribution < 1.29 is 0 Å². The van der Waals surface area contributed by atoms with Crippen molar-refractivity contribution in [1.29, 1.82) is 0 Å². The van der Waals surface area contributed by atoms with Crippen LogP contribution in [0, 0.1) is 0 Å². The molecule has 90 valence electrons. The summed E-state index contributed by atoms with van der Waals surface area (Å²) in [4.78, 5) is 2.35. The van der Waals surface area contributed by atoms with Crippen LogP contribution in [0.25, 0.3) is 0 Å². The van der Waals surface area contributed by atoms with Crippen LogP contribution in [-0.2, 0) is 0 Å². The first-order valence-corrected chi connectivity index (χ1v) is 6.10. The van der Waals surface area contributed by atoms with Crippen molar-refractivity contribution in [3.8, 4) is 0 Å². The summed E-state index contributed by atoms with van der Waals surface area (Å²) in [6.45, 7) is 8.78. The van der Waals surface area contributed by atoms with Crippen molar-refractivity contribution in [3.05, 3.63) is 35.9 Å². The van der Waals surface area contributed by atoms with Crippen LogP contribution in [0.1, 0.15) is 32.4 Å². The molecular weight excluding hydrogens is 196 g/mol. The van der Waals surface area contributed by atoms with Crippen LogP contribution in [-0.4, -0.2) is 31.1 Å². The van der Waals surface area contributed by atoms with Gasteiger partial charge < -0.3 is 10.2 Å². The number of likely N-dealkylation sites (N-methyl/N-ethyl adjacent to an activating group) is 1. The summed E-state index contributed by atoms with van der Waals surface area (Å²) in [7, 11) is 2.17. The third-order valence-corrected chi connectivity index (χ3v) is 3.10. The SMILES string of the molecule is CC(NCCN(C)C(C)C)c1ccccc1. The van der Waals surface area contributed by atoms with E-state index in [1.54, 1.807) is 0 Å². The molecule has 1 atom stereocenters. The fraction of sp³-hybridized carbons (Fsp3) is 0.571. The number of rotatable bonds is 6. The first-order valence-electron chi connectivity index (χ1n) is 6.10. The molecule has 0 aliphatic rings. The van der Waals surface area contributed by atoms with Gasteiger partial charge in [0.1, 0.15) is 0 Å². The molecule has 1 aromatic carbocycles. The molecule has 2 heteroatoms. The lowest BCUT2D eigenvalue weighted by molar-refractivity contribution is 0.270.